The Morgan fingerprint density at radius 3 is 2.63 bits per heavy atom. The zero-order valence-electron chi connectivity index (χ0n) is 9.98. The average Bonchev–Trinajstić information content (AvgIpc) is 3.22. The van der Waals surface area contributed by atoms with Gasteiger partial charge in [-0.25, -0.2) is 18.7 Å². The van der Waals surface area contributed by atoms with Crippen LogP contribution in [0.25, 0.3) is 11.4 Å². The van der Waals surface area contributed by atoms with E-state index in [4.69, 9.17) is 11.6 Å². The third kappa shape index (κ3) is 2.73. The second-order valence-electron chi connectivity index (χ2n) is 4.64. The third-order valence-corrected chi connectivity index (χ3v) is 3.30. The minimum absolute atomic E-state index is 0.0333. The Morgan fingerprint density at radius 1 is 1.16 bits per heavy atom. The Kier molecular flexibility index (Phi) is 3.19. The first-order chi connectivity index (χ1) is 9.13. The van der Waals surface area contributed by atoms with Gasteiger partial charge in [-0.2, -0.15) is 0 Å². The number of nitrogens with zero attached hydrogens (tertiary/aromatic N) is 2. The van der Waals surface area contributed by atoms with Crippen molar-refractivity contribution in [2.45, 2.75) is 25.2 Å². The second-order valence-corrected chi connectivity index (χ2v) is 5.03. The highest BCUT2D eigenvalue weighted by Crippen LogP contribution is 2.40. The van der Waals surface area contributed by atoms with E-state index in [1.165, 1.54) is 12.1 Å². The number of halogens is 3. The minimum Gasteiger partial charge on any atom is -0.233 e. The Labute approximate surface area is 114 Å². The van der Waals surface area contributed by atoms with Crippen molar-refractivity contribution in [2.24, 2.45) is 0 Å². The molecule has 0 aliphatic heterocycles. The van der Waals surface area contributed by atoms with Crippen LogP contribution in [0.1, 0.15) is 36.4 Å². The van der Waals surface area contributed by atoms with Crippen LogP contribution in [0.4, 0.5) is 8.78 Å². The quantitative estimate of drug-likeness (QED) is 0.767. The van der Waals surface area contributed by atoms with E-state index in [1.54, 1.807) is 18.2 Å². The highest BCUT2D eigenvalue weighted by atomic mass is 35.5. The van der Waals surface area contributed by atoms with Crippen LogP contribution in [-0.2, 0) is 0 Å². The average molecular weight is 281 g/mol. The molecule has 1 aliphatic rings. The Morgan fingerprint density at radius 2 is 1.95 bits per heavy atom. The van der Waals surface area contributed by atoms with Crippen LogP contribution in [0.15, 0.2) is 30.3 Å². The van der Waals surface area contributed by atoms with E-state index in [1.807, 2.05) is 0 Å². The summed E-state index contributed by atoms with van der Waals surface area (Å²) in [7, 11) is 0. The lowest BCUT2D eigenvalue weighted by molar-refractivity contribution is 0.151. The van der Waals surface area contributed by atoms with Crippen LogP contribution in [0.5, 0.6) is 0 Å². The normalized spacial score (nSPS) is 14.9. The van der Waals surface area contributed by atoms with Crippen LogP contribution < -0.4 is 0 Å². The van der Waals surface area contributed by atoms with E-state index in [2.05, 4.69) is 9.97 Å². The molecule has 0 spiro atoms. The molecule has 0 N–H and O–H groups in total. The molecule has 5 heteroatoms. The lowest BCUT2D eigenvalue weighted by Crippen LogP contribution is -1.95. The maximum atomic E-state index is 12.7. The fraction of sp³-hybridized carbons (Fsp3) is 0.286. The highest BCUT2D eigenvalue weighted by Gasteiger charge is 2.26. The maximum absolute atomic E-state index is 12.7. The van der Waals surface area contributed by atoms with E-state index in [0.29, 0.717) is 22.5 Å². The number of aromatic nitrogens is 2. The van der Waals surface area contributed by atoms with Crippen LogP contribution in [0.3, 0.4) is 0 Å². The molecule has 1 aliphatic carbocycles. The zero-order valence-corrected chi connectivity index (χ0v) is 10.7. The molecule has 0 amide bonds. The SMILES string of the molecule is FC(F)c1cccc(-c2nc(Cl)cc(C3CC3)n2)c1. The molecule has 3 rings (SSSR count). The first-order valence-corrected chi connectivity index (χ1v) is 6.44. The summed E-state index contributed by atoms with van der Waals surface area (Å²) >= 11 is 5.97. The van der Waals surface area contributed by atoms with Gasteiger partial charge in [-0.05, 0) is 25.0 Å². The molecule has 98 valence electrons. The van der Waals surface area contributed by atoms with Crippen LogP contribution in [-0.4, -0.2) is 9.97 Å². The number of hydrogen-bond donors (Lipinski definition) is 0. The fourth-order valence-electron chi connectivity index (χ4n) is 1.97. The van der Waals surface area contributed by atoms with Crippen molar-refractivity contribution in [3.05, 3.63) is 46.7 Å². The van der Waals surface area contributed by atoms with E-state index in [9.17, 15) is 8.78 Å². The van der Waals surface area contributed by atoms with Crippen molar-refractivity contribution in [3.8, 4) is 11.4 Å². The molecule has 0 atom stereocenters. The standard InChI is InChI=1S/C14H11ClF2N2/c15-12-7-11(8-4-5-8)18-14(19-12)10-3-1-2-9(6-10)13(16)17/h1-3,6-8,13H,4-5H2. The van der Waals surface area contributed by atoms with Crippen molar-refractivity contribution in [2.75, 3.05) is 0 Å². The van der Waals surface area contributed by atoms with Crippen molar-refractivity contribution < 1.29 is 8.78 Å². The number of alkyl halides is 2. The van der Waals surface area contributed by atoms with Gasteiger partial charge in [0.2, 0.25) is 0 Å². The molecule has 1 aromatic heterocycles. The molecule has 0 saturated heterocycles. The van der Waals surface area contributed by atoms with Crippen molar-refractivity contribution in [1.82, 2.24) is 9.97 Å². The monoisotopic (exact) mass is 280 g/mol. The molecule has 1 heterocycles. The predicted octanol–water partition coefficient (Wildman–Crippen LogP) is 4.61. The summed E-state index contributed by atoms with van der Waals surface area (Å²) in [6, 6.07) is 7.85. The second kappa shape index (κ2) is 4.85. The van der Waals surface area contributed by atoms with Crippen molar-refractivity contribution in [1.29, 1.82) is 0 Å². The van der Waals surface area contributed by atoms with Gasteiger partial charge in [-0.3, -0.25) is 0 Å². The topological polar surface area (TPSA) is 25.8 Å². The van der Waals surface area contributed by atoms with Crippen LogP contribution in [0.2, 0.25) is 5.15 Å². The summed E-state index contributed by atoms with van der Waals surface area (Å²) in [6.45, 7) is 0. The van der Waals surface area contributed by atoms with E-state index >= 15 is 0 Å². The van der Waals surface area contributed by atoms with E-state index < -0.39 is 6.43 Å². The zero-order chi connectivity index (χ0) is 13.4. The molecule has 0 unspecified atom stereocenters. The molecule has 1 saturated carbocycles. The van der Waals surface area contributed by atoms with Crippen LogP contribution in [0, 0.1) is 0 Å². The van der Waals surface area contributed by atoms with Gasteiger partial charge in [-0.15, -0.1) is 0 Å². The first-order valence-electron chi connectivity index (χ1n) is 6.06. The van der Waals surface area contributed by atoms with Gasteiger partial charge in [0.15, 0.2) is 5.82 Å². The molecule has 19 heavy (non-hydrogen) atoms. The number of hydrogen-bond acceptors (Lipinski definition) is 2. The molecular formula is C14H11ClF2N2. The molecule has 2 nitrogen and oxygen atoms in total. The third-order valence-electron chi connectivity index (χ3n) is 3.11. The van der Waals surface area contributed by atoms with Gasteiger partial charge in [0, 0.05) is 22.7 Å². The summed E-state index contributed by atoms with van der Waals surface area (Å²) in [4.78, 5) is 8.55. The Bertz CT molecular complexity index is 612. The lowest BCUT2D eigenvalue weighted by atomic mass is 10.1. The lowest BCUT2D eigenvalue weighted by Gasteiger charge is -2.06. The van der Waals surface area contributed by atoms with Gasteiger partial charge in [-0.1, -0.05) is 29.8 Å². The van der Waals surface area contributed by atoms with Gasteiger partial charge in [0.1, 0.15) is 5.15 Å². The van der Waals surface area contributed by atoms with Crippen LogP contribution >= 0.6 is 11.6 Å². The first kappa shape index (κ1) is 12.5. The maximum Gasteiger partial charge on any atom is 0.263 e. The Hall–Kier alpha value is -1.55. The van der Waals surface area contributed by atoms with Gasteiger partial charge >= 0.3 is 0 Å². The van der Waals surface area contributed by atoms with E-state index in [-0.39, 0.29) is 5.56 Å². The summed E-state index contributed by atoms with van der Waals surface area (Å²) in [6.07, 6.45) is -0.296. The molecule has 0 radical (unpaired) electrons. The minimum atomic E-state index is -2.50. The largest absolute Gasteiger partial charge is 0.263 e. The summed E-state index contributed by atoms with van der Waals surface area (Å²) in [5.41, 5.74) is 1.44. The molecular weight excluding hydrogens is 270 g/mol. The summed E-state index contributed by atoms with van der Waals surface area (Å²) in [5.74, 6) is 0.856. The molecule has 1 aromatic carbocycles. The Balaban J connectivity index is 2.03. The molecule has 0 bridgehead atoms. The number of benzene rings is 1. The fourth-order valence-corrected chi connectivity index (χ4v) is 2.16. The smallest absolute Gasteiger partial charge is 0.233 e. The van der Waals surface area contributed by atoms with E-state index in [0.717, 1.165) is 18.5 Å². The molecule has 1 fully saturated rings. The van der Waals surface area contributed by atoms with Gasteiger partial charge < -0.3 is 0 Å². The van der Waals surface area contributed by atoms with Gasteiger partial charge in [0.25, 0.3) is 6.43 Å². The van der Waals surface area contributed by atoms with Crippen molar-refractivity contribution in [3.63, 3.8) is 0 Å². The molecule has 2 aromatic rings. The van der Waals surface area contributed by atoms with Crippen molar-refractivity contribution >= 4 is 11.6 Å². The number of rotatable bonds is 3. The van der Waals surface area contributed by atoms with Gasteiger partial charge in [0.05, 0.1) is 0 Å². The predicted molar refractivity (Wildman–Crippen MR) is 69.4 cm³/mol. The summed E-state index contributed by atoms with van der Waals surface area (Å²) < 4.78 is 25.4. The highest BCUT2D eigenvalue weighted by molar-refractivity contribution is 6.29. The summed E-state index contributed by atoms with van der Waals surface area (Å²) in [5, 5.41) is 0.356.